The van der Waals surface area contributed by atoms with Crippen LogP contribution in [0, 0.1) is 11.3 Å². The Labute approximate surface area is 124 Å². The fourth-order valence-corrected chi connectivity index (χ4v) is 2.92. The van der Waals surface area contributed by atoms with Crippen LogP contribution in [0.1, 0.15) is 49.6 Å². The largest absolute Gasteiger partial charge is 0.477 e. The van der Waals surface area contributed by atoms with Crippen LogP contribution in [0.15, 0.2) is 17.2 Å². The molecule has 0 radical (unpaired) electrons. The summed E-state index contributed by atoms with van der Waals surface area (Å²) in [4.78, 5) is 11.1. The summed E-state index contributed by atoms with van der Waals surface area (Å²) in [5, 5.41) is 17.5. The number of aromatic nitrogens is 1. The minimum Gasteiger partial charge on any atom is -0.477 e. The third-order valence-electron chi connectivity index (χ3n) is 2.92. The van der Waals surface area contributed by atoms with Crippen LogP contribution in [0.2, 0.25) is 0 Å². The first-order valence-corrected chi connectivity index (χ1v) is 8.09. The maximum atomic E-state index is 12.1. The highest BCUT2D eigenvalue weighted by molar-refractivity contribution is 7.89. The lowest BCUT2D eigenvalue weighted by atomic mass is 10.2. The van der Waals surface area contributed by atoms with E-state index in [1.54, 1.807) is 13.8 Å². The molecule has 2 N–H and O–H groups in total. The number of aromatic carboxylic acids is 1. The molecule has 0 amide bonds. The summed E-state index contributed by atoms with van der Waals surface area (Å²) >= 11 is 0. The molecule has 0 aromatic carbocycles. The minimum absolute atomic E-state index is 0.0603. The van der Waals surface area contributed by atoms with Gasteiger partial charge in [0.15, 0.2) is 0 Å². The average molecular weight is 313 g/mol. The molecule has 8 heteroatoms. The molecule has 0 spiro atoms. The predicted molar refractivity (Wildman–Crippen MR) is 76.4 cm³/mol. The first-order valence-electron chi connectivity index (χ1n) is 6.61. The van der Waals surface area contributed by atoms with E-state index < -0.39 is 16.0 Å². The molecule has 0 saturated carbocycles. The van der Waals surface area contributed by atoms with Crippen molar-refractivity contribution in [1.82, 2.24) is 9.29 Å². The van der Waals surface area contributed by atoms with Crippen LogP contribution in [-0.4, -0.2) is 30.6 Å². The maximum absolute atomic E-state index is 12.1. The lowest BCUT2D eigenvalue weighted by molar-refractivity contribution is 0.0683. The molecule has 116 valence electrons. The van der Waals surface area contributed by atoms with Crippen molar-refractivity contribution in [2.75, 3.05) is 6.54 Å². The average Bonchev–Trinajstić information content (AvgIpc) is 2.84. The van der Waals surface area contributed by atoms with Gasteiger partial charge < -0.3 is 9.67 Å². The van der Waals surface area contributed by atoms with E-state index >= 15 is 0 Å². The van der Waals surface area contributed by atoms with Crippen LogP contribution in [-0.2, 0) is 10.0 Å². The second kappa shape index (κ2) is 7.24. The molecule has 1 rings (SSSR count). The Hall–Kier alpha value is -1.85. The molecule has 0 aliphatic carbocycles. The third-order valence-corrected chi connectivity index (χ3v) is 4.34. The molecule has 1 aromatic rings. The molecular formula is C13H19N3O4S. The molecule has 0 saturated heterocycles. The highest BCUT2D eigenvalue weighted by atomic mass is 32.2. The van der Waals surface area contributed by atoms with Crippen LogP contribution < -0.4 is 4.72 Å². The zero-order valence-corrected chi connectivity index (χ0v) is 12.9. The van der Waals surface area contributed by atoms with Crippen LogP contribution in [0.3, 0.4) is 0 Å². The third kappa shape index (κ3) is 4.58. The minimum atomic E-state index is -3.73. The van der Waals surface area contributed by atoms with Crippen LogP contribution in [0.4, 0.5) is 0 Å². The van der Waals surface area contributed by atoms with Gasteiger partial charge in [-0.05, 0) is 32.8 Å². The molecular weight excluding hydrogens is 294 g/mol. The van der Waals surface area contributed by atoms with E-state index in [1.807, 2.05) is 6.07 Å². The van der Waals surface area contributed by atoms with Gasteiger partial charge >= 0.3 is 5.97 Å². The quantitative estimate of drug-likeness (QED) is 0.710. The topological polar surface area (TPSA) is 112 Å². The van der Waals surface area contributed by atoms with E-state index in [9.17, 15) is 13.2 Å². The molecule has 0 aliphatic rings. The summed E-state index contributed by atoms with van der Waals surface area (Å²) in [5.74, 6) is -1.17. The molecule has 0 atom stereocenters. The first-order chi connectivity index (χ1) is 9.79. The molecule has 0 unspecified atom stereocenters. The number of sulfonamides is 1. The summed E-state index contributed by atoms with van der Waals surface area (Å²) < 4.78 is 28.0. The number of unbranched alkanes of at least 4 members (excludes halogenated alkanes) is 2. The lowest BCUT2D eigenvalue weighted by Gasteiger charge is -2.09. The number of carbonyl (C=O) groups is 1. The smallest absolute Gasteiger partial charge is 0.352 e. The Morgan fingerprint density at radius 3 is 2.62 bits per heavy atom. The number of nitriles is 1. The number of carboxylic acid groups (broad SMARTS) is 1. The molecule has 1 aromatic heterocycles. The Morgan fingerprint density at radius 1 is 1.48 bits per heavy atom. The Balaban J connectivity index is 2.86. The normalized spacial score (nSPS) is 11.5. The lowest BCUT2D eigenvalue weighted by Crippen LogP contribution is -2.24. The van der Waals surface area contributed by atoms with Gasteiger partial charge in [0, 0.05) is 25.2 Å². The van der Waals surface area contributed by atoms with Crippen molar-refractivity contribution in [3.63, 3.8) is 0 Å². The maximum Gasteiger partial charge on any atom is 0.352 e. The highest BCUT2D eigenvalue weighted by Gasteiger charge is 2.21. The zero-order chi connectivity index (χ0) is 16.0. The van der Waals surface area contributed by atoms with E-state index in [4.69, 9.17) is 10.4 Å². The van der Waals surface area contributed by atoms with Gasteiger partial charge in [-0.25, -0.2) is 17.9 Å². The van der Waals surface area contributed by atoms with Crippen LogP contribution in [0.5, 0.6) is 0 Å². The van der Waals surface area contributed by atoms with Crippen molar-refractivity contribution in [2.24, 2.45) is 0 Å². The van der Waals surface area contributed by atoms with Crippen molar-refractivity contribution in [1.29, 1.82) is 5.26 Å². The predicted octanol–water partition coefficient (Wildman–Crippen LogP) is 1.74. The van der Waals surface area contributed by atoms with Crippen LogP contribution in [0.25, 0.3) is 0 Å². The number of rotatable bonds is 8. The van der Waals surface area contributed by atoms with Crippen molar-refractivity contribution in [3.8, 4) is 6.07 Å². The number of nitrogens with zero attached hydrogens (tertiary/aromatic N) is 2. The number of nitrogens with one attached hydrogen (secondary N) is 1. The Morgan fingerprint density at radius 2 is 2.14 bits per heavy atom. The molecule has 21 heavy (non-hydrogen) atoms. The molecule has 0 fully saturated rings. The zero-order valence-electron chi connectivity index (χ0n) is 12.0. The van der Waals surface area contributed by atoms with E-state index in [-0.39, 0.29) is 23.2 Å². The molecule has 0 aliphatic heterocycles. The van der Waals surface area contributed by atoms with Crippen molar-refractivity contribution in [3.05, 3.63) is 18.0 Å². The van der Waals surface area contributed by atoms with E-state index in [0.717, 1.165) is 6.07 Å². The van der Waals surface area contributed by atoms with Gasteiger partial charge in [-0.2, -0.15) is 5.26 Å². The summed E-state index contributed by atoms with van der Waals surface area (Å²) in [6.45, 7) is 3.77. The van der Waals surface area contributed by atoms with Crippen molar-refractivity contribution >= 4 is 16.0 Å². The summed E-state index contributed by atoms with van der Waals surface area (Å²) in [6.07, 6.45) is 2.89. The SMILES string of the molecule is CC(C)n1cc(S(=O)(=O)NCCCCC#N)cc1C(=O)O. The van der Waals surface area contributed by atoms with Gasteiger partial charge in [0.25, 0.3) is 0 Å². The first kappa shape index (κ1) is 17.2. The van der Waals surface area contributed by atoms with Gasteiger partial charge in [-0.1, -0.05) is 0 Å². The van der Waals surface area contributed by atoms with Gasteiger partial charge in [0.2, 0.25) is 10.0 Å². The highest BCUT2D eigenvalue weighted by Crippen LogP contribution is 2.19. The van der Waals surface area contributed by atoms with Gasteiger partial charge in [-0.15, -0.1) is 0 Å². The standard InChI is InChI=1S/C13H19N3O4S/c1-10(2)16-9-11(8-12(16)13(17)18)21(19,20)15-7-5-3-4-6-14/h8-10,15H,3-5,7H2,1-2H3,(H,17,18). The van der Waals surface area contributed by atoms with Crippen LogP contribution >= 0.6 is 0 Å². The molecule has 1 heterocycles. The van der Waals surface area contributed by atoms with E-state index in [0.29, 0.717) is 19.3 Å². The van der Waals surface area contributed by atoms with Gasteiger partial charge in [0.05, 0.1) is 6.07 Å². The summed E-state index contributed by atoms with van der Waals surface area (Å²) in [7, 11) is -3.73. The van der Waals surface area contributed by atoms with Crippen molar-refractivity contribution < 1.29 is 18.3 Å². The molecule has 7 nitrogen and oxygen atoms in total. The fraction of sp³-hybridized carbons (Fsp3) is 0.538. The number of hydrogen-bond donors (Lipinski definition) is 2. The number of hydrogen-bond acceptors (Lipinski definition) is 4. The monoisotopic (exact) mass is 313 g/mol. The van der Waals surface area contributed by atoms with Gasteiger partial charge in [-0.3, -0.25) is 0 Å². The Bertz CT molecular complexity index is 641. The van der Waals surface area contributed by atoms with E-state index in [2.05, 4.69) is 4.72 Å². The Kier molecular flexibility index (Phi) is 5.93. The summed E-state index contributed by atoms with van der Waals surface area (Å²) in [6, 6.07) is 2.98. The van der Waals surface area contributed by atoms with Crippen molar-refractivity contribution in [2.45, 2.75) is 44.0 Å². The summed E-state index contributed by atoms with van der Waals surface area (Å²) in [5.41, 5.74) is -0.0603. The van der Waals surface area contributed by atoms with E-state index in [1.165, 1.54) is 10.8 Å². The fourth-order valence-electron chi connectivity index (χ4n) is 1.82. The molecule has 0 bridgehead atoms. The van der Waals surface area contributed by atoms with Gasteiger partial charge in [0.1, 0.15) is 10.6 Å². The second-order valence-electron chi connectivity index (χ2n) is 4.88. The number of carboxylic acids is 1. The second-order valence-corrected chi connectivity index (χ2v) is 6.65.